The largest absolute Gasteiger partial charge is 0.573 e. The van der Waals surface area contributed by atoms with E-state index in [1.165, 1.54) is 35.9 Å². The predicted molar refractivity (Wildman–Crippen MR) is 163 cm³/mol. The number of halogens is 10. The third-order valence-electron chi connectivity index (χ3n) is 7.62. The van der Waals surface area contributed by atoms with Crippen molar-refractivity contribution in [3.05, 3.63) is 131 Å². The maximum Gasteiger partial charge on any atom is 0.573 e. The molecule has 12 heteroatoms. The lowest BCUT2D eigenvalue weighted by Crippen LogP contribution is -2.25. The molecule has 0 fully saturated rings. The summed E-state index contributed by atoms with van der Waals surface area (Å²) in [5, 5.41) is 0. The van der Waals surface area contributed by atoms with E-state index in [0.29, 0.717) is 23.3 Å². The first-order valence-electron chi connectivity index (χ1n) is 15.0. The van der Waals surface area contributed by atoms with Gasteiger partial charge in [-0.25, -0.2) is 22.0 Å². The Kier molecular flexibility index (Phi) is 10.3. The van der Waals surface area contributed by atoms with Gasteiger partial charge < -0.3 is 9.47 Å². The molecular weight excluding hydrogens is 666 g/mol. The minimum absolute atomic E-state index is 0.0628. The zero-order valence-electron chi connectivity index (χ0n) is 25.6. The Morgan fingerprint density at radius 1 is 0.510 bits per heavy atom. The van der Waals surface area contributed by atoms with Gasteiger partial charge in [0.05, 0.1) is 0 Å². The van der Waals surface area contributed by atoms with Crippen LogP contribution in [0.3, 0.4) is 0 Å². The van der Waals surface area contributed by atoms with E-state index in [1.54, 1.807) is 12.1 Å². The van der Waals surface area contributed by atoms with Crippen LogP contribution in [0.25, 0.3) is 33.4 Å². The summed E-state index contributed by atoms with van der Waals surface area (Å²) in [6.07, 6.45) is -6.02. The van der Waals surface area contributed by atoms with E-state index >= 15 is 4.39 Å². The molecule has 0 atom stereocenters. The Morgan fingerprint density at radius 3 is 1.57 bits per heavy atom. The third kappa shape index (κ3) is 8.36. The summed E-state index contributed by atoms with van der Waals surface area (Å²) in [5.41, 5.74) is 1.48. The van der Waals surface area contributed by atoms with Gasteiger partial charge in [-0.05, 0) is 64.4 Å². The molecule has 0 aliphatic rings. The lowest BCUT2D eigenvalue weighted by Gasteiger charge is -2.20. The van der Waals surface area contributed by atoms with Gasteiger partial charge in [-0.2, -0.15) is 8.78 Å². The van der Waals surface area contributed by atoms with Crippen molar-refractivity contribution in [1.29, 1.82) is 0 Å². The monoisotopic (exact) mass is 692 g/mol. The van der Waals surface area contributed by atoms with Crippen molar-refractivity contribution in [3.63, 3.8) is 0 Å². The maximum absolute atomic E-state index is 15.2. The van der Waals surface area contributed by atoms with E-state index in [1.807, 2.05) is 24.3 Å². The zero-order valence-corrected chi connectivity index (χ0v) is 25.6. The van der Waals surface area contributed by atoms with Crippen molar-refractivity contribution in [1.82, 2.24) is 0 Å². The van der Waals surface area contributed by atoms with Gasteiger partial charge >= 0.3 is 12.5 Å². The smallest absolute Gasteiger partial charge is 0.429 e. The molecule has 0 unspecified atom stereocenters. The fourth-order valence-corrected chi connectivity index (χ4v) is 5.24. The van der Waals surface area contributed by atoms with Crippen molar-refractivity contribution in [2.45, 2.75) is 45.1 Å². The van der Waals surface area contributed by atoms with Gasteiger partial charge in [0.25, 0.3) is 0 Å². The minimum Gasteiger partial charge on any atom is -0.429 e. The molecule has 0 aromatic heterocycles. The van der Waals surface area contributed by atoms with Crippen LogP contribution in [0.5, 0.6) is 11.5 Å². The van der Waals surface area contributed by atoms with Crippen molar-refractivity contribution in [3.8, 4) is 44.9 Å². The zero-order chi connectivity index (χ0) is 35.5. The number of unbranched alkanes of at least 4 members (excludes halogenated alkanes) is 2. The molecule has 0 amide bonds. The van der Waals surface area contributed by atoms with Crippen LogP contribution in [-0.4, -0.2) is 6.36 Å². The average Bonchev–Trinajstić information content (AvgIpc) is 3.02. The van der Waals surface area contributed by atoms with E-state index in [4.69, 9.17) is 0 Å². The fraction of sp³-hybridized carbons (Fsp3) is 0.189. The SMILES string of the molecule is CCCCCc1ccc(-c2ccc(-c3ccc(-c4cc(F)c(C(F)(F)Oc5cc(F)c(OC(F)(F)F)c(F)c5)c(F)c4)cc3)c(F)c2)cc1. The quantitative estimate of drug-likeness (QED) is 0.101. The number of aryl methyl sites for hydroxylation is 1. The molecule has 49 heavy (non-hydrogen) atoms. The second-order valence-electron chi connectivity index (χ2n) is 11.1. The topological polar surface area (TPSA) is 18.5 Å². The first kappa shape index (κ1) is 35.3. The van der Waals surface area contributed by atoms with Gasteiger partial charge in [-0.1, -0.05) is 80.4 Å². The highest BCUT2D eigenvalue weighted by Gasteiger charge is 2.42. The van der Waals surface area contributed by atoms with Gasteiger partial charge in [-0.3, -0.25) is 0 Å². The summed E-state index contributed by atoms with van der Waals surface area (Å²) in [6, 6.07) is 19.4. The van der Waals surface area contributed by atoms with Crippen LogP contribution in [0, 0.1) is 29.1 Å². The number of hydrogen-bond acceptors (Lipinski definition) is 2. The van der Waals surface area contributed by atoms with E-state index in [9.17, 15) is 39.5 Å². The lowest BCUT2D eigenvalue weighted by molar-refractivity contribution is -0.276. The number of rotatable bonds is 11. The summed E-state index contributed by atoms with van der Waals surface area (Å²) in [6.45, 7) is 2.14. The number of ether oxygens (including phenoxy) is 2. The second-order valence-corrected chi connectivity index (χ2v) is 11.1. The summed E-state index contributed by atoms with van der Waals surface area (Å²) in [4.78, 5) is 0. The molecule has 0 radical (unpaired) electrons. The molecule has 5 aromatic carbocycles. The summed E-state index contributed by atoms with van der Waals surface area (Å²) in [5.74, 6) is -11.5. The van der Waals surface area contributed by atoms with Crippen LogP contribution >= 0.6 is 0 Å². The van der Waals surface area contributed by atoms with Gasteiger partial charge in [0.2, 0.25) is 5.75 Å². The van der Waals surface area contributed by atoms with Crippen LogP contribution in [0.2, 0.25) is 0 Å². The molecule has 0 aliphatic heterocycles. The fourth-order valence-electron chi connectivity index (χ4n) is 5.24. The number of benzene rings is 5. The Bertz CT molecular complexity index is 1890. The molecule has 5 aromatic rings. The Balaban J connectivity index is 1.32. The van der Waals surface area contributed by atoms with Crippen molar-refractivity contribution in [2.75, 3.05) is 0 Å². The highest BCUT2D eigenvalue weighted by atomic mass is 19.4. The van der Waals surface area contributed by atoms with Crippen LogP contribution in [0.4, 0.5) is 43.9 Å². The maximum atomic E-state index is 15.2. The average molecular weight is 693 g/mol. The normalized spacial score (nSPS) is 11.9. The first-order chi connectivity index (χ1) is 23.1. The van der Waals surface area contributed by atoms with Crippen LogP contribution in [0.15, 0.2) is 91.0 Å². The molecule has 0 aliphatic carbocycles. The molecule has 0 saturated carbocycles. The first-order valence-corrected chi connectivity index (χ1v) is 15.0. The van der Waals surface area contributed by atoms with Crippen molar-refractivity contribution < 1.29 is 53.4 Å². The Morgan fingerprint density at radius 2 is 1.02 bits per heavy atom. The molecule has 0 bridgehead atoms. The minimum atomic E-state index is -5.50. The standard InChI is InChI=1S/C37H26F10O2/c1-2-3-4-5-21-6-8-22(9-7-21)25-14-15-28(29(38)16-25)24-12-10-23(11-13-24)26-17-30(39)34(31(40)18-26)36(43,44)48-27-19-32(41)35(33(42)20-27)49-37(45,46)47/h6-20H,2-5H2,1H3. The molecule has 0 heterocycles. The van der Waals surface area contributed by atoms with Crippen LogP contribution in [-0.2, 0) is 12.5 Å². The molecular formula is C37H26F10O2. The summed E-state index contributed by atoms with van der Waals surface area (Å²) >= 11 is 0. The Hall–Kier alpha value is -5.00. The van der Waals surface area contributed by atoms with Gasteiger partial charge in [0, 0.05) is 17.7 Å². The molecule has 256 valence electrons. The number of hydrogen-bond donors (Lipinski definition) is 0. The second kappa shape index (κ2) is 14.2. The highest BCUT2D eigenvalue weighted by molar-refractivity contribution is 5.74. The van der Waals surface area contributed by atoms with Crippen molar-refractivity contribution in [2.24, 2.45) is 0 Å². The van der Waals surface area contributed by atoms with Gasteiger partial charge in [-0.15, -0.1) is 13.2 Å². The van der Waals surface area contributed by atoms with Gasteiger partial charge in [0.15, 0.2) is 11.6 Å². The lowest BCUT2D eigenvalue weighted by atomic mass is 9.96. The van der Waals surface area contributed by atoms with E-state index < -0.39 is 58.6 Å². The molecule has 2 nitrogen and oxygen atoms in total. The van der Waals surface area contributed by atoms with Gasteiger partial charge in [0.1, 0.15) is 28.8 Å². The summed E-state index contributed by atoms with van der Waals surface area (Å²) in [7, 11) is 0. The molecule has 0 spiro atoms. The van der Waals surface area contributed by atoms with E-state index in [0.717, 1.165) is 31.2 Å². The van der Waals surface area contributed by atoms with E-state index in [2.05, 4.69) is 16.4 Å². The summed E-state index contributed by atoms with van der Waals surface area (Å²) < 4.78 is 147. The van der Waals surface area contributed by atoms with Crippen molar-refractivity contribution >= 4 is 0 Å². The third-order valence-corrected chi connectivity index (χ3v) is 7.62. The van der Waals surface area contributed by atoms with Crippen LogP contribution < -0.4 is 9.47 Å². The highest BCUT2D eigenvalue weighted by Crippen LogP contribution is 2.40. The molecule has 0 N–H and O–H groups in total. The predicted octanol–water partition coefficient (Wildman–Crippen LogP) is 12.1. The molecule has 0 saturated heterocycles. The van der Waals surface area contributed by atoms with Crippen LogP contribution in [0.1, 0.15) is 37.3 Å². The number of alkyl halides is 5. The Labute approximate surface area is 274 Å². The van der Waals surface area contributed by atoms with E-state index in [-0.39, 0.29) is 28.8 Å². The molecule has 5 rings (SSSR count).